The first-order valence-corrected chi connectivity index (χ1v) is 10.1. The smallest absolute Gasteiger partial charge is 0.335 e. The van der Waals surface area contributed by atoms with Gasteiger partial charge in [0.25, 0.3) is 17.5 Å². The normalized spacial score (nSPS) is 15.2. The minimum absolute atomic E-state index is 0.126. The van der Waals surface area contributed by atoms with Crippen molar-refractivity contribution in [3.8, 4) is 11.3 Å². The van der Waals surface area contributed by atoms with Crippen LogP contribution < -0.4 is 10.2 Å². The summed E-state index contributed by atoms with van der Waals surface area (Å²) < 4.78 is 5.67. The van der Waals surface area contributed by atoms with Gasteiger partial charge in [0.15, 0.2) is 0 Å². The molecule has 1 aliphatic heterocycles. The highest BCUT2D eigenvalue weighted by Gasteiger charge is 2.37. The predicted molar refractivity (Wildman–Crippen MR) is 121 cm³/mol. The lowest BCUT2D eigenvalue weighted by Crippen LogP contribution is -2.54. The van der Waals surface area contributed by atoms with Crippen molar-refractivity contribution in [2.45, 2.75) is 13.8 Å². The van der Waals surface area contributed by atoms with Crippen LogP contribution in [0.3, 0.4) is 0 Å². The first kappa shape index (κ1) is 22.0. The molecule has 1 saturated heterocycles. The summed E-state index contributed by atoms with van der Waals surface area (Å²) in [5.41, 5.74) is 1.82. The van der Waals surface area contributed by atoms with Gasteiger partial charge in [-0.15, -0.1) is 0 Å². The zero-order valence-corrected chi connectivity index (χ0v) is 18.2. The van der Waals surface area contributed by atoms with E-state index in [4.69, 9.17) is 16.0 Å². The van der Waals surface area contributed by atoms with E-state index in [-0.39, 0.29) is 33.4 Å². The van der Waals surface area contributed by atoms with E-state index in [1.807, 2.05) is 19.9 Å². The number of nitrogens with one attached hydrogen (secondary N) is 1. The van der Waals surface area contributed by atoms with Crippen molar-refractivity contribution in [2.75, 3.05) is 4.90 Å². The minimum atomic E-state index is -0.864. The molecule has 0 atom stereocenters. The van der Waals surface area contributed by atoms with Crippen LogP contribution in [0.2, 0.25) is 5.02 Å². The molecule has 33 heavy (non-hydrogen) atoms. The second-order valence-corrected chi connectivity index (χ2v) is 7.83. The molecule has 0 spiro atoms. The van der Waals surface area contributed by atoms with Gasteiger partial charge in [-0.05, 0) is 61.4 Å². The largest absolute Gasteiger partial charge is 0.457 e. The highest BCUT2D eigenvalue weighted by Crippen LogP contribution is 2.33. The van der Waals surface area contributed by atoms with E-state index in [0.717, 1.165) is 16.0 Å². The summed E-state index contributed by atoms with van der Waals surface area (Å²) in [4.78, 5) is 49.2. The lowest BCUT2D eigenvalue weighted by molar-refractivity contribution is -0.384. The number of carbonyl (C=O) groups is 3. The average molecular weight is 466 g/mol. The number of amides is 4. The number of non-ortho nitro benzene ring substituents is 1. The number of urea groups is 1. The Morgan fingerprint density at radius 3 is 2.39 bits per heavy atom. The number of halogens is 1. The van der Waals surface area contributed by atoms with Gasteiger partial charge in [0.1, 0.15) is 17.1 Å². The van der Waals surface area contributed by atoms with E-state index in [2.05, 4.69) is 5.32 Å². The Bertz CT molecular complexity index is 1350. The number of anilines is 1. The molecule has 9 nitrogen and oxygen atoms in total. The van der Waals surface area contributed by atoms with Crippen molar-refractivity contribution >= 4 is 46.9 Å². The molecule has 4 amide bonds. The number of rotatable bonds is 4. The monoisotopic (exact) mass is 465 g/mol. The molecule has 0 bridgehead atoms. The number of aryl methyl sites for hydroxylation is 2. The van der Waals surface area contributed by atoms with E-state index >= 15 is 0 Å². The van der Waals surface area contributed by atoms with Crippen LogP contribution in [0.15, 0.2) is 58.5 Å². The van der Waals surface area contributed by atoms with E-state index in [9.17, 15) is 24.5 Å². The number of nitro groups is 1. The third kappa shape index (κ3) is 4.26. The van der Waals surface area contributed by atoms with Crippen molar-refractivity contribution in [1.82, 2.24) is 5.32 Å². The molecule has 1 aliphatic rings. The molecule has 2 aromatic carbocycles. The van der Waals surface area contributed by atoms with Crippen molar-refractivity contribution in [3.05, 3.63) is 86.1 Å². The maximum Gasteiger partial charge on any atom is 0.335 e. The molecule has 0 unspecified atom stereocenters. The van der Waals surface area contributed by atoms with Crippen LogP contribution in [0.5, 0.6) is 0 Å². The second kappa shape index (κ2) is 8.36. The van der Waals surface area contributed by atoms with Crippen LogP contribution in [0, 0.1) is 24.0 Å². The van der Waals surface area contributed by atoms with Gasteiger partial charge in [0, 0.05) is 17.7 Å². The Morgan fingerprint density at radius 1 is 1.03 bits per heavy atom. The molecule has 4 rings (SSSR count). The standard InChI is InChI=1S/C23H16ClN3O6/c1-12-7-13(2)9-15(8-12)26-22(29)18(21(28)25-23(26)30)11-16-4-6-20(33-16)17-10-14(27(31)32)3-5-19(17)24/h3-11H,1-2H3,(H,25,28,30)/b18-11+. The van der Waals surface area contributed by atoms with E-state index in [1.165, 1.54) is 36.4 Å². The van der Waals surface area contributed by atoms with Gasteiger partial charge in [-0.2, -0.15) is 0 Å². The summed E-state index contributed by atoms with van der Waals surface area (Å²) in [6, 6.07) is 11.3. The first-order valence-electron chi connectivity index (χ1n) is 9.68. The van der Waals surface area contributed by atoms with Crippen molar-refractivity contribution in [1.29, 1.82) is 0 Å². The maximum absolute atomic E-state index is 13.1. The van der Waals surface area contributed by atoms with Crippen LogP contribution in [0.25, 0.3) is 17.4 Å². The summed E-state index contributed by atoms with van der Waals surface area (Å²) in [5, 5.41) is 13.4. The molecule has 166 valence electrons. The molecule has 0 aliphatic carbocycles. The highest BCUT2D eigenvalue weighted by atomic mass is 35.5. The fourth-order valence-corrected chi connectivity index (χ4v) is 3.72. The SMILES string of the molecule is Cc1cc(C)cc(N2C(=O)NC(=O)/C(=C\c3ccc(-c4cc([N+](=O)[O-])ccc4Cl)o3)C2=O)c1. The second-order valence-electron chi connectivity index (χ2n) is 7.43. The molecule has 1 aromatic heterocycles. The van der Waals surface area contributed by atoms with Crippen molar-refractivity contribution < 1.29 is 23.7 Å². The number of nitrogens with zero attached hydrogens (tertiary/aromatic N) is 2. The van der Waals surface area contributed by atoms with Crippen LogP contribution in [-0.2, 0) is 9.59 Å². The highest BCUT2D eigenvalue weighted by molar-refractivity contribution is 6.39. The fourth-order valence-electron chi connectivity index (χ4n) is 3.50. The molecule has 0 radical (unpaired) electrons. The van der Waals surface area contributed by atoms with Crippen LogP contribution in [0.1, 0.15) is 16.9 Å². The molecule has 0 saturated carbocycles. The number of hydrogen-bond acceptors (Lipinski definition) is 6. The number of nitro benzene ring substituents is 1. The average Bonchev–Trinajstić information content (AvgIpc) is 3.19. The van der Waals surface area contributed by atoms with Gasteiger partial charge in [-0.25, -0.2) is 9.69 Å². The van der Waals surface area contributed by atoms with Gasteiger partial charge in [-0.3, -0.25) is 25.0 Å². The van der Waals surface area contributed by atoms with Gasteiger partial charge in [0.05, 0.1) is 15.6 Å². The summed E-state index contributed by atoms with van der Waals surface area (Å²) in [5.74, 6) is -1.33. The summed E-state index contributed by atoms with van der Waals surface area (Å²) in [6.07, 6.45) is 1.20. The number of furan rings is 1. The quantitative estimate of drug-likeness (QED) is 0.256. The zero-order chi connectivity index (χ0) is 23.9. The van der Waals surface area contributed by atoms with Crippen LogP contribution in [0.4, 0.5) is 16.2 Å². The maximum atomic E-state index is 13.1. The Kier molecular flexibility index (Phi) is 5.57. The molecule has 3 aromatic rings. The summed E-state index contributed by atoms with van der Waals surface area (Å²) in [7, 11) is 0. The first-order chi connectivity index (χ1) is 15.6. The topological polar surface area (TPSA) is 123 Å². The fraction of sp³-hybridized carbons (Fsp3) is 0.0870. The van der Waals surface area contributed by atoms with E-state index in [1.54, 1.807) is 12.1 Å². The number of imide groups is 2. The Hall–Kier alpha value is -4.24. The van der Waals surface area contributed by atoms with Gasteiger partial charge in [0.2, 0.25) is 0 Å². The van der Waals surface area contributed by atoms with E-state index in [0.29, 0.717) is 5.69 Å². The van der Waals surface area contributed by atoms with Crippen molar-refractivity contribution in [3.63, 3.8) is 0 Å². The lowest BCUT2D eigenvalue weighted by atomic mass is 10.1. The van der Waals surface area contributed by atoms with Gasteiger partial charge in [-0.1, -0.05) is 17.7 Å². The molecule has 2 heterocycles. The Morgan fingerprint density at radius 2 is 1.73 bits per heavy atom. The third-order valence-electron chi connectivity index (χ3n) is 4.91. The van der Waals surface area contributed by atoms with Gasteiger partial charge >= 0.3 is 6.03 Å². The number of benzene rings is 2. The van der Waals surface area contributed by atoms with Crippen molar-refractivity contribution in [2.24, 2.45) is 0 Å². The number of hydrogen-bond donors (Lipinski definition) is 1. The van der Waals surface area contributed by atoms with E-state index < -0.39 is 22.8 Å². The predicted octanol–water partition coefficient (Wildman–Crippen LogP) is 4.79. The lowest BCUT2D eigenvalue weighted by Gasteiger charge is -2.26. The molecular formula is C23H16ClN3O6. The number of barbiturate groups is 1. The van der Waals surface area contributed by atoms with Gasteiger partial charge < -0.3 is 4.42 Å². The molecular weight excluding hydrogens is 450 g/mol. The zero-order valence-electron chi connectivity index (χ0n) is 17.4. The molecule has 10 heteroatoms. The van der Waals surface area contributed by atoms with Crippen LogP contribution >= 0.6 is 11.6 Å². The summed E-state index contributed by atoms with van der Waals surface area (Å²) in [6.45, 7) is 3.66. The Labute approximate surface area is 192 Å². The third-order valence-corrected chi connectivity index (χ3v) is 5.24. The summed E-state index contributed by atoms with van der Waals surface area (Å²) >= 11 is 6.15. The number of carbonyl (C=O) groups excluding carboxylic acids is 3. The van der Waals surface area contributed by atoms with Crippen LogP contribution in [-0.4, -0.2) is 22.8 Å². The molecule has 1 fully saturated rings. The Balaban J connectivity index is 1.71. The molecule has 1 N–H and O–H groups in total. The minimum Gasteiger partial charge on any atom is -0.457 e.